The predicted octanol–water partition coefficient (Wildman–Crippen LogP) is 4.32. The second kappa shape index (κ2) is 6.95. The lowest BCUT2D eigenvalue weighted by Gasteiger charge is -2.16. The lowest BCUT2D eigenvalue weighted by atomic mass is 10.2. The molecule has 2 N–H and O–H groups in total. The molecule has 0 aliphatic rings. The fourth-order valence-electron chi connectivity index (χ4n) is 1.63. The molecule has 0 aromatic heterocycles. The molecule has 21 heavy (non-hydrogen) atoms. The van der Waals surface area contributed by atoms with E-state index >= 15 is 0 Å². The summed E-state index contributed by atoms with van der Waals surface area (Å²) in [6.45, 7) is 1.64. The zero-order chi connectivity index (χ0) is 15.4. The molecule has 2 aromatic rings. The van der Waals surface area contributed by atoms with Crippen molar-refractivity contribution in [3.63, 3.8) is 0 Å². The molecular formula is C15H13Br2NO3. The van der Waals surface area contributed by atoms with Crippen LogP contribution in [0.4, 0.5) is 5.69 Å². The van der Waals surface area contributed by atoms with Gasteiger partial charge in [-0.1, -0.05) is 28.1 Å². The molecule has 0 heterocycles. The number of ether oxygens (including phenoxy) is 1. The number of para-hydroxylation sites is 2. The largest absolute Gasteiger partial charge is 0.506 e. The Kier molecular flexibility index (Phi) is 5.25. The van der Waals surface area contributed by atoms with Gasteiger partial charge in [0, 0.05) is 4.47 Å². The third kappa shape index (κ3) is 4.22. The van der Waals surface area contributed by atoms with Crippen LogP contribution in [0, 0.1) is 0 Å². The molecule has 2 rings (SSSR count). The van der Waals surface area contributed by atoms with Crippen LogP contribution in [0.3, 0.4) is 0 Å². The molecular weight excluding hydrogens is 402 g/mol. The minimum atomic E-state index is -0.706. The summed E-state index contributed by atoms with van der Waals surface area (Å²) < 4.78 is 7.27. The Morgan fingerprint density at radius 1 is 1.24 bits per heavy atom. The van der Waals surface area contributed by atoms with Crippen molar-refractivity contribution in [1.82, 2.24) is 0 Å². The fraction of sp³-hybridized carbons (Fsp3) is 0.133. The van der Waals surface area contributed by atoms with Crippen molar-refractivity contribution in [2.75, 3.05) is 5.32 Å². The SMILES string of the molecule is C[C@H](Oc1ccc(Br)cc1Br)C(=O)Nc1ccccc1O. The number of rotatable bonds is 4. The van der Waals surface area contributed by atoms with Crippen molar-refractivity contribution < 1.29 is 14.6 Å². The van der Waals surface area contributed by atoms with Crippen molar-refractivity contribution in [3.8, 4) is 11.5 Å². The van der Waals surface area contributed by atoms with Gasteiger partial charge in [-0.3, -0.25) is 4.79 Å². The van der Waals surface area contributed by atoms with E-state index in [2.05, 4.69) is 37.2 Å². The zero-order valence-electron chi connectivity index (χ0n) is 11.1. The molecule has 1 atom stereocenters. The third-order valence-electron chi connectivity index (χ3n) is 2.73. The van der Waals surface area contributed by atoms with E-state index in [1.807, 2.05) is 12.1 Å². The minimum Gasteiger partial charge on any atom is -0.506 e. The molecule has 6 heteroatoms. The van der Waals surface area contributed by atoms with Crippen molar-refractivity contribution in [1.29, 1.82) is 0 Å². The number of benzene rings is 2. The topological polar surface area (TPSA) is 58.6 Å². The van der Waals surface area contributed by atoms with Crippen LogP contribution >= 0.6 is 31.9 Å². The quantitative estimate of drug-likeness (QED) is 0.732. The number of halogens is 2. The molecule has 0 saturated heterocycles. The van der Waals surface area contributed by atoms with Crippen LogP contribution in [0.25, 0.3) is 0 Å². The number of phenolic OH excluding ortho intramolecular Hbond substituents is 1. The summed E-state index contributed by atoms with van der Waals surface area (Å²) in [4.78, 5) is 12.1. The Hall–Kier alpha value is -1.53. The summed E-state index contributed by atoms with van der Waals surface area (Å²) in [5.74, 6) is 0.243. The van der Waals surface area contributed by atoms with E-state index < -0.39 is 6.10 Å². The second-order valence-electron chi connectivity index (χ2n) is 4.34. The minimum absolute atomic E-state index is 0.0165. The van der Waals surface area contributed by atoms with Crippen molar-refractivity contribution in [2.45, 2.75) is 13.0 Å². The Morgan fingerprint density at radius 3 is 2.62 bits per heavy atom. The van der Waals surface area contributed by atoms with Crippen LogP contribution < -0.4 is 10.1 Å². The molecule has 0 radical (unpaired) electrons. The Bertz CT molecular complexity index is 661. The summed E-state index contributed by atoms with van der Waals surface area (Å²) in [7, 11) is 0. The first-order valence-electron chi connectivity index (χ1n) is 6.18. The van der Waals surface area contributed by atoms with Crippen molar-refractivity contribution >= 4 is 43.5 Å². The van der Waals surface area contributed by atoms with Crippen LogP contribution in [0.15, 0.2) is 51.4 Å². The summed E-state index contributed by atoms with van der Waals surface area (Å²) in [5.41, 5.74) is 0.354. The van der Waals surface area contributed by atoms with E-state index in [1.165, 1.54) is 6.07 Å². The first-order chi connectivity index (χ1) is 9.97. The van der Waals surface area contributed by atoms with Gasteiger partial charge in [-0.25, -0.2) is 0 Å². The number of carbonyl (C=O) groups excluding carboxylic acids is 1. The second-order valence-corrected chi connectivity index (χ2v) is 6.11. The van der Waals surface area contributed by atoms with Gasteiger partial charge >= 0.3 is 0 Å². The predicted molar refractivity (Wildman–Crippen MR) is 88.7 cm³/mol. The summed E-state index contributed by atoms with van der Waals surface area (Å²) >= 11 is 6.73. The number of aromatic hydroxyl groups is 1. The first-order valence-corrected chi connectivity index (χ1v) is 7.76. The number of hydrogen-bond donors (Lipinski definition) is 2. The van der Waals surface area contributed by atoms with Crippen molar-refractivity contribution in [3.05, 3.63) is 51.4 Å². The zero-order valence-corrected chi connectivity index (χ0v) is 14.3. The van der Waals surface area contributed by atoms with Gasteiger partial charge in [0.1, 0.15) is 11.5 Å². The molecule has 0 saturated carbocycles. The number of anilines is 1. The lowest BCUT2D eigenvalue weighted by molar-refractivity contribution is -0.122. The molecule has 0 fully saturated rings. The van der Waals surface area contributed by atoms with Gasteiger partial charge in [-0.15, -0.1) is 0 Å². The maximum atomic E-state index is 12.1. The van der Waals surface area contributed by atoms with Crippen LogP contribution in [-0.4, -0.2) is 17.1 Å². The fourth-order valence-corrected chi connectivity index (χ4v) is 2.77. The van der Waals surface area contributed by atoms with E-state index in [1.54, 1.807) is 31.2 Å². The van der Waals surface area contributed by atoms with Gasteiger partial charge in [0.2, 0.25) is 0 Å². The monoisotopic (exact) mass is 413 g/mol. The van der Waals surface area contributed by atoms with E-state index in [0.717, 1.165) is 8.95 Å². The molecule has 110 valence electrons. The Labute approximate surface area is 139 Å². The molecule has 0 aliphatic carbocycles. The number of phenols is 1. The van der Waals surface area contributed by atoms with Crippen molar-refractivity contribution in [2.24, 2.45) is 0 Å². The normalized spacial score (nSPS) is 11.8. The van der Waals surface area contributed by atoms with E-state index in [-0.39, 0.29) is 11.7 Å². The van der Waals surface area contributed by atoms with Crippen LogP contribution in [0.1, 0.15) is 6.92 Å². The molecule has 4 nitrogen and oxygen atoms in total. The lowest BCUT2D eigenvalue weighted by Crippen LogP contribution is -2.30. The maximum Gasteiger partial charge on any atom is 0.265 e. The molecule has 0 spiro atoms. The van der Waals surface area contributed by atoms with Gasteiger partial charge in [-0.05, 0) is 53.2 Å². The van der Waals surface area contributed by atoms with Gasteiger partial charge in [0.25, 0.3) is 5.91 Å². The summed E-state index contributed by atoms with van der Waals surface area (Å²) in [6.07, 6.45) is -0.706. The number of amides is 1. The summed E-state index contributed by atoms with van der Waals surface area (Å²) in [6, 6.07) is 12.0. The van der Waals surface area contributed by atoms with E-state index in [0.29, 0.717) is 11.4 Å². The highest BCUT2D eigenvalue weighted by atomic mass is 79.9. The van der Waals surface area contributed by atoms with Crippen LogP contribution in [0.5, 0.6) is 11.5 Å². The van der Waals surface area contributed by atoms with E-state index in [9.17, 15) is 9.90 Å². The van der Waals surface area contributed by atoms with Gasteiger partial charge in [-0.2, -0.15) is 0 Å². The smallest absolute Gasteiger partial charge is 0.265 e. The standard InChI is InChI=1S/C15H13Br2NO3/c1-9(21-14-7-6-10(16)8-11(14)17)15(20)18-12-4-2-3-5-13(12)19/h2-9,19H,1H3,(H,18,20)/t9-/m0/s1. The van der Waals surface area contributed by atoms with Gasteiger partial charge in [0.05, 0.1) is 10.2 Å². The highest BCUT2D eigenvalue weighted by molar-refractivity contribution is 9.11. The average molecular weight is 415 g/mol. The van der Waals surface area contributed by atoms with Gasteiger partial charge < -0.3 is 15.2 Å². The van der Waals surface area contributed by atoms with Crippen LogP contribution in [0.2, 0.25) is 0 Å². The highest BCUT2D eigenvalue weighted by Crippen LogP contribution is 2.29. The number of nitrogens with one attached hydrogen (secondary N) is 1. The average Bonchev–Trinajstić information content (AvgIpc) is 2.44. The summed E-state index contributed by atoms with van der Waals surface area (Å²) in [5, 5.41) is 12.3. The van der Waals surface area contributed by atoms with Crippen LogP contribution in [-0.2, 0) is 4.79 Å². The van der Waals surface area contributed by atoms with E-state index in [4.69, 9.17) is 4.74 Å². The Morgan fingerprint density at radius 2 is 1.95 bits per heavy atom. The molecule has 1 amide bonds. The Balaban J connectivity index is 2.04. The highest BCUT2D eigenvalue weighted by Gasteiger charge is 2.17. The molecule has 0 bridgehead atoms. The maximum absolute atomic E-state index is 12.1. The number of hydrogen-bond acceptors (Lipinski definition) is 3. The molecule has 0 aliphatic heterocycles. The first kappa shape index (κ1) is 15.9. The van der Waals surface area contributed by atoms with Gasteiger partial charge in [0.15, 0.2) is 6.10 Å². The third-order valence-corrected chi connectivity index (χ3v) is 3.84. The number of carbonyl (C=O) groups is 1. The molecule has 2 aromatic carbocycles. The molecule has 0 unspecified atom stereocenters.